The van der Waals surface area contributed by atoms with E-state index in [1.54, 1.807) is 0 Å². The molecule has 0 aliphatic carbocycles. The molecule has 2 nitrogen and oxygen atoms in total. The summed E-state index contributed by atoms with van der Waals surface area (Å²) in [6, 6.07) is 4.91. The number of methoxy groups -OCH3 is 1. The van der Waals surface area contributed by atoms with Crippen molar-refractivity contribution in [2.24, 2.45) is 0 Å². The molecule has 0 heterocycles. The highest BCUT2D eigenvalue weighted by Crippen LogP contribution is 2.30. The van der Waals surface area contributed by atoms with Crippen LogP contribution in [0.4, 0.5) is 0 Å². The van der Waals surface area contributed by atoms with E-state index in [-0.39, 0.29) is 0 Å². The smallest absolute Gasteiger partial charge is 0.139 e. The van der Waals surface area contributed by atoms with Gasteiger partial charge in [-0.1, -0.05) is 23.2 Å². The number of rotatable bonds is 1. The highest BCUT2D eigenvalue weighted by Gasteiger charge is 2.06. The van der Waals surface area contributed by atoms with Crippen molar-refractivity contribution in [3.63, 3.8) is 0 Å². The van der Waals surface area contributed by atoms with Gasteiger partial charge in [0, 0.05) is 6.07 Å². The van der Waals surface area contributed by atoms with Crippen molar-refractivity contribution in [3.05, 3.63) is 27.7 Å². The molecule has 0 radical (unpaired) electrons. The topological polar surface area (TPSA) is 33.0 Å². The average Bonchev–Trinajstić information content (AvgIpc) is 2.08. The molecule has 1 aromatic rings. The van der Waals surface area contributed by atoms with Crippen molar-refractivity contribution in [2.45, 2.75) is 0 Å². The Bertz CT molecular complexity index is 343. The minimum absolute atomic E-state index is 0.346. The predicted molar refractivity (Wildman–Crippen MR) is 47.7 cm³/mol. The normalized spacial score (nSPS) is 9.17. The fourth-order valence-electron chi connectivity index (χ4n) is 0.771. The number of hydrogen-bond acceptors (Lipinski definition) is 2. The van der Waals surface area contributed by atoms with E-state index in [4.69, 9.17) is 33.2 Å². The minimum Gasteiger partial charge on any atom is -0.495 e. The Morgan fingerprint density at radius 2 is 2.00 bits per heavy atom. The van der Waals surface area contributed by atoms with Crippen molar-refractivity contribution in [1.29, 1.82) is 5.26 Å². The van der Waals surface area contributed by atoms with Crippen molar-refractivity contribution in [1.82, 2.24) is 0 Å². The summed E-state index contributed by atoms with van der Waals surface area (Å²) < 4.78 is 4.90. The Labute approximate surface area is 80.3 Å². The van der Waals surface area contributed by atoms with Gasteiger partial charge in [-0.25, -0.2) is 0 Å². The number of benzene rings is 1. The maximum atomic E-state index is 8.57. The lowest BCUT2D eigenvalue weighted by Gasteiger charge is -2.03. The highest BCUT2D eigenvalue weighted by molar-refractivity contribution is 6.35. The van der Waals surface area contributed by atoms with Gasteiger partial charge in [-0.05, 0) is 6.07 Å². The third kappa shape index (κ3) is 1.63. The number of halogens is 2. The molecule has 0 bridgehead atoms. The van der Waals surface area contributed by atoms with E-state index in [9.17, 15) is 0 Å². The van der Waals surface area contributed by atoms with E-state index in [1.807, 2.05) is 6.07 Å². The van der Waals surface area contributed by atoms with E-state index in [0.717, 1.165) is 0 Å². The van der Waals surface area contributed by atoms with Crippen molar-refractivity contribution in [2.75, 3.05) is 7.11 Å². The molecule has 1 rings (SSSR count). The van der Waals surface area contributed by atoms with Crippen LogP contribution in [0.3, 0.4) is 0 Å². The van der Waals surface area contributed by atoms with Crippen molar-refractivity contribution < 1.29 is 4.74 Å². The lowest BCUT2D eigenvalue weighted by Crippen LogP contribution is -1.86. The number of nitrogens with zero attached hydrogens (tertiary/aromatic N) is 1. The fourth-order valence-corrected chi connectivity index (χ4v) is 1.21. The van der Waals surface area contributed by atoms with Crippen molar-refractivity contribution >= 4 is 23.2 Å². The van der Waals surface area contributed by atoms with Crippen LogP contribution in [0.5, 0.6) is 5.75 Å². The Morgan fingerprint density at radius 3 is 2.50 bits per heavy atom. The van der Waals surface area contributed by atoms with Gasteiger partial charge in [0.05, 0.1) is 22.7 Å². The second-order valence-electron chi connectivity index (χ2n) is 2.08. The van der Waals surface area contributed by atoms with Crippen LogP contribution >= 0.6 is 23.2 Å². The first-order chi connectivity index (χ1) is 5.69. The average molecular weight is 202 g/mol. The van der Waals surface area contributed by atoms with E-state index in [0.29, 0.717) is 21.4 Å². The molecule has 0 atom stereocenters. The summed E-state index contributed by atoms with van der Waals surface area (Å²) in [5.74, 6) is 0.473. The largest absolute Gasteiger partial charge is 0.495 e. The van der Waals surface area contributed by atoms with Crippen LogP contribution in [0.1, 0.15) is 5.56 Å². The molecule has 0 saturated heterocycles. The van der Waals surface area contributed by atoms with Crippen LogP contribution in [0, 0.1) is 11.3 Å². The van der Waals surface area contributed by atoms with Gasteiger partial charge in [0.15, 0.2) is 0 Å². The molecule has 0 spiro atoms. The first-order valence-corrected chi connectivity index (χ1v) is 3.87. The van der Waals surface area contributed by atoms with Crippen LogP contribution in [-0.4, -0.2) is 7.11 Å². The molecule has 0 N–H and O–H groups in total. The molecule has 0 aliphatic rings. The zero-order chi connectivity index (χ0) is 9.14. The van der Waals surface area contributed by atoms with E-state index >= 15 is 0 Å². The lowest BCUT2D eigenvalue weighted by molar-refractivity contribution is 0.415. The zero-order valence-electron chi connectivity index (χ0n) is 6.27. The maximum absolute atomic E-state index is 8.57. The molecule has 12 heavy (non-hydrogen) atoms. The Hall–Kier alpha value is -0.910. The molecule has 0 saturated carbocycles. The molecule has 0 amide bonds. The van der Waals surface area contributed by atoms with Crippen LogP contribution in [0.2, 0.25) is 10.0 Å². The van der Waals surface area contributed by atoms with E-state index in [2.05, 4.69) is 0 Å². The van der Waals surface area contributed by atoms with Gasteiger partial charge < -0.3 is 4.74 Å². The van der Waals surface area contributed by atoms with Gasteiger partial charge in [-0.3, -0.25) is 0 Å². The number of ether oxygens (including phenoxy) is 1. The molecule has 0 unspecified atom stereocenters. The summed E-state index contributed by atoms with van der Waals surface area (Å²) in [5.41, 5.74) is 0.350. The molecule has 62 valence electrons. The fraction of sp³-hybridized carbons (Fsp3) is 0.125. The van der Waals surface area contributed by atoms with E-state index in [1.165, 1.54) is 19.2 Å². The molecular weight excluding hydrogens is 197 g/mol. The third-order valence-electron chi connectivity index (χ3n) is 1.36. The molecule has 1 aromatic carbocycles. The second-order valence-corrected chi connectivity index (χ2v) is 2.89. The minimum atomic E-state index is 0.346. The number of hydrogen-bond donors (Lipinski definition) is 0. The van der Waals surface area contributed by atoms with Crippen LogP contribution in [-0.2, 0) is 0 Å². The van der Waals surface area contributed by atoms with Crippen LogP contribution < -0.4 is 4.74 Å². The van der Waals surface area contributed by atoms with Gasteiger partial charge in [0.25, 0.3) is 0 Å². The first kappa shape index (κ1) is 9.18. The first-order valence-electron chi connectivity index (χ1n) is 3.12. The summed E-state index contributed by atoms with van der Waals surface area (Å²) in [5, 5.41) is 9.31. The molecular formula is C8H5Cl2NO. The van der Waals surface area contributed by atoms with Gasteiger partial charge >= 0.3 is 0 Å². The summed E-state index contributed by atoms with van der Waals surface area (Å²) >= 11 is 11.5. The lowest BCUT2D eigenvalue weighted by atomic mass is 10.2. The van der Waals surface area contributed by atoms with Gasteiger partial charge in [-0.15, -0.1) is 0 Å². The van der Waals surface area contributed by atoms with Crippen molar-refractivity contribution in [3.8, 4) is 11.8 Å². The maximum Gasteiger partial charge on any atom is 0.139 e. The summed E-state index contributed by atoms with van der Waals surface area (Å²) in [4.78, 5) is 0. The Kier molecular flexibility index (Phi) is 2.80. The third-order valence-corrected chi connectivity index (χ3v) is 1.97. The summed E-state index contributed by atoms with van der Waals surface area (Å²) in [6.45, 7) is 0. The standard InChI is InChI=1S/C8H5Cl2NO/c1-12-8-3-6(9)5(4-11)2-7(8)10/h2-3H,1H3. The molecule has 0 fully saturated rings. The SMILES string of the molecule is COc1cc(Cl)c(C#N)cc1Cl. The molecule has 0 aliphatic heterocycles. The predicted octanol–water partition coefficient (Wildman–Crippen LogP) is 2.87. The highest BCUT2D eigenvalue weighted by atomic mass is 35.5. The summed E-state index contributed by atoms with van der Waals surface area (Å²) in [6.07, 6.45) is 0. The van der Waals surface area contributed by atoms with Crippen LogP contribution in [0.15, 0.2) is 12.1 Å². The summed E-state index contributed by atoms with van der Waals surface area (Å²) in [7, 11) is 1.49. The molecule has 0 aromatic heterocycles. The van der Waals surface area contributed by atoms with E-state index < -0.39 is 0 Å². The Balaban J connectivity index is 3.28. The zero-order valence-corrected chi connectivity index (χ0v) is 7.78. The van der Waals surface area contributed by atoms with Crippen LogP contribution in [0.25, 0.3) is 0 Å². The van der Waals surface area contributed by atoms with Gasteiger partial charge in [0.1, 0.15) is 11.8 Å². The Morgan fingerprint density at radius 1 is 1.33 bits per heavy atom. The van der Waals surface area contributed by atoms with Gasteiger partial charge in [-0.2, -0.15) is 5.26 Å². The number of nitriles is 1. The quantitative estimate of drug-likeness (QED) is 0.701. The van der Waals surface area contributed by atoms with Gasteiger partial charge in [0.2, 0.25) is 0 Å². The second kappa shape index (κ2) is 3.66. The monoisotopic (exact) mass is 201 g/mol. The molecule has 4 heteroatoms.